The van der Waals surface area contributed by atoms with Gasteiger partial charge in [0.15, 0.2) is 0 Å². The average molecular weight is 298 g/mol. The number of non-ortho nitro benzene ring substituents is 1. The third kappa shape index (κ3) is 2.93. The Labute approximate surface area is 126 Å². The number of carbonyl (C=O) groups is 1. The lowest BCUT2D eigenvalue weighted by Gasteiger charge is -2.08. The van der Waals surface area contributed by atoms with Crippen molar-refractivity contribution in [3.63, 3.8) is 0 Å². The van der Waals surface area contributed by atoms with Crippen LogP contribution in [-0.2, 0) is 0 Å². The molecule has 1 amide bonds. The predicted molar refractivity (Wildman–Crippen MR) is 79.8 cm³/mol. The Bertz CT molecular complexity index is 756. The summed E-state index contributed by atoms with van der Waals surface area (Å²) in [5, 5.41) is 13.4. The fraction of sp³-hybridized carbons (Fsp3) is 0.267. The van der Waals surface area contributed by atoms with E-state index in [0.717, 1.165) is 18.7 Å². The Kier molecular flexibility index (Phi) is 3.54. The third-order valence-electron chi connectivity index (χ3n) is 3.50. The second kappa shape index (κ2) is 5.51. The summed E-state index contributed by atoms with van der Waals surface area (Å²) < 4.78 is 0. The highest BCUT2D eigenvalue weighted by Crippen LogP contribution is 2.37. The molecule has 0 unspecified atom stereocenters. The van der Waals surface area contributed by atoms with Crippen molar-refractivity contribution >= 4 is 17.3 Å². The van der Waals surface area contributed by atoms with Gasteiger partial charge in [0.2, 0.25) is 0 Å². The summed E-state index contributed by atoms with van der Waals surface area (Å²) in [6, 6.07) is 5.80. The van der Waals surface area contributed by atoms with Crippen molar-refractivity contribution < 1.29 is 9.72 Å². The van der Waals surface area contributed by atoms with Gasteiger partial charge in [0.05, 0.1) is 16.2 Å². The number of hydrogen-bond donors (Lipinski definition) is 1. The van der Waals surface area contributed by atoms with Gasteiger partial charge in [-0.1, -0.05) is 6.07 Å². The molecule has 7 heteroatoms. The molecular formula is C15H14N4O3. The number of nitro groups is 1. The van der Waals surface area contributed by atoms with Crippen LogP contribution in [0.5, 0.6) is 0 Å². The molecular weight excluding hydrogens is 284 g/mol. The first-order chi connectivity index (χ1) is 10.5. The minimum absolute atomic E-state index is 0.0742. The van der Waals surface area contributed by atoms with Crippen LogP contribution < -0.4 is 5.32 Å². The highest BCUT2D eigenvalue weighted by atomic mass is 16.6. The lowest BCUT2D eigenvalue weighted by molar-refractivity contribution is -0.384. The van der Waals surface area contributed by atoms with Crippen LogP contribution in [0.4, 0.5) is 11.4 Å². The highest BCUT2D eigenvalue weighted by molar-refractivity contribution is 6.04. The minimum Gasteiger partial charge on any atom is -0.322 e. The van der Waals surface area contributed by atoms with Gasteiger partial charge in [-0.3, -0.25) is 14.9 Å². The minimum atomic E-state index is -0.506. The Hall–Kier alpha value is -2.83. The molecule has 22 heavy (non-hydrogen) atoms. The predicted octanol–water partition coefficient (Wildman–Crippen LogP) is 2.82. The standard InChI is InChI=1S/C15H14N4O3/c1-9-13(8-16-14(17-9)10-5-6-10)15(20)18-11-3-2-4-12(7-11)19(21)22/h2-4,7-8,10H,5-6H2,1H3,(H,18,20). The smallest absolute Gasteiger partial charge is 0.271 e. The molecule has 0 spiro atoms. The van der Waals surface area contributed by atoms with E-state index in [1.54, 1.807) is 13.0 Å². The summed E-state index contributed by atoms with van der Waals surface area (Å²) >= 11 is 0. The number of nitrogens with zero attached hydrogens (tertiary/aromatic N) is 3. The molecule has 1 saturated carbocycles. The van der Waals surface area contributed by atoms with Gasteiger partial charge < -0.3 is 5.32 Å². The quantitative estimate of drug-likeness (QED) is 0.691. The topological polar surface area (TPSA) is 98.0 Å². The summed E-state index contributed by atoms with van der Waals surface area (Å²) in [5.74, 6) is 0.831. The molecule has 7 nitrogen and oxygen atoms in total. The zero-order chi connectivity index (χ0) is 15.7. The third-order valence-corrected chi connectivity index (χ3v) is 3.50. The fourth-order valence-corrected chi connectivity index (χ4v) is 2.14. The monoisotopic (exact) mass is 298 g/mol. The van der Waals surface area contributed by atoms with E-state index >= 15 is 0 Å². The molecule has 1 fully saturated rings. The number of nitro benzene ring substituents is 1. The number of carbonyl (C=O) groups excluding carboxylic acids is 1. The molecule has 112 valence electrons. The van der Waals surface area contributed by atoms with E-state index in [1.165, 1.54) is 24.4 Å². The first-order valence-electron chi connectivity index (χ1n) is 6.94. The van der Waals surface area contributed by atoms with Gasteiger partial charge in [0, 0.05) is 29.9 Å². The molecule has 1 aliphatic carbocycles. The van der Waals surface area contributed by atoms with Gasteiger partial charge in [-0.25, -0.2) is 9.97 Å². The van der Waals surface area contributed by atoms with Crippen molar-refractivity contribution in [3.05, 3.63) is 57.7 Å². The molecule has 1 aromatic carbocycles. The summed E-state index contributed by atoms with van der Waals surface area (Å²) in [6.07, 6.45) is 3.71. The van der Waals surface area contributed by atoms with Crippen LogP contribution in [0.3, 0.4) is 0 Å². The second-order valence-corrected chi connectivity index (χ2v) is 5.26. The van der Waals surface area contributed by atoms with Crippen molar-refractivity contribution in [2.24, 2.45) is 0 Å². The van der Waals surface area contributed by atoms with E-state index in [1.807, 2.05) is 0 Å². The zero-order valence-electron chi connectivity index (χ0n) is 11.9. The molecule has 0 saturated heterocycles. The van der Waals surface area contributed by atoms with Crippen LogP contribution in [0.1, 0.15) is 40.6 Å². The van der Waals surface area contributed by atoms with Gasteiger partial charge in [-0.2, -0.15) is 0 Å². The first-order valence-corrected chi connectivity index (χ1v) is 6.94. The Morgan fingerprint density at radius 3 is 2.82 bits per heavy atom. The van der Waals surface area contributed by atoms with Crippen LogP contribution in [0.15, 0.2) is 30.5 Å². The Morgan fingerprint density at radius 1 is 1.41 bits per heavy atom. The summed E-state index contributed by atoms with van der Waals surface area (Å²) in [6.45, 7) is 1.76. The molecule has 0 aliphatic heterocycles. The SMILES string of the molecule is Cc1nc(C2CC2)ncc1C(=O)Nc1cccc([N+](=O)[O-])c1. The average Bonchev–Trinajstić information content (AvgIpc) is 3.31. The fourth-order valence-electron chi connectivity index (χ4n) is 2.14. The largest absolute Gasteiger partial charge is 0.322 e. The van der Waals surface area contributed by atoms with Crippen molar-refractivity contribution in [2.75, 3.05) is 5.32 Å². The molecule has 1 N–H and O–H groups in total. The number of aromatic nitrogens is 2. The number of rotatable bonds is 4. The van der Waals surface area contributed by atoms with Crippen molar-refractivity contribution in [1.82, 2.24) is 9.97 Å². The van der Waals surface area contributed by atoms with Gasteiger partial charge in [0.1, 0.15) is 5.82 Å². The number of aryl methyl sites for hydroxylation is 1. The van der Waals surface area contributed by atoms with E-state index in [2.05, 4.69) is 15.3 Å². The maximum atomic E-state index is 12.3. The number of anilines is 1. The lowest BCUT2D eigenvalue weighted by Crippen LogP contribution is -2.15. The van der Waals surface area contributed by atoms with E-state index in [0.29, 0.717) is 22.9 Å². The molecule has 2 aromatic rings. The molecule has 1 aromatic heterocycles. The Balaban J connectivity index is 1.79. The molecule has 1 heterocycles. The second-order valence-electron chi connectivity index (χ2n) is 5.26. The van der Waals surface area contributed by atoms with Crippen LogP contribution in [0.25, 0.3) is 0 Å². The number of amides is 1. The molecule has 0 bridgehead atoms. The van der Waals surface area contributed by atoms with Crippen LogP contribution in [-0.4, -0.2) is 20.8 Å². The molecule has 0 radical (unpaired) electrons. The van der Waals surface area contributed by atoms with Crippen LogP contribution >= 0.6 is 0 Å². The number of hydrogen-bond acceptors (Lipinski definition) is 5. The van der Waals surface area contributed by atoms with Gasteiger partial charge in [0.25, 0.3) is 11.6 Å². The van der Waals surface area contributed by atoms with Crippen molar-refractivity contribution in [2.45, 2.75) is 25.7 Å². The summed E-state index contributed by atoms with van der Waals surface area (Å²) in [5.41, 5.74) is 1.27. The molecule has 1 aliphatic rings. The maximum absolute atomic E-state index is 12.3. The Morgan fingerprint density at radius 2 is 2.18 bits per heavy atom. The zero-order valence-corrected chi connectivity index (χ0v) is 11.9. The maximum Gasteiger partial charge on any atom is 0.271 e. The molecule has 0 atom stereocenters. The highest BCUT2D eigenvalue weighted by Gasteiger charge is 2.27. The van der Waals surface area contributed by atoms with Gasteiger partial charge in [-0.15, -0.1) is 0 Å². The summed E-state index contributed by atoms with van der Waals surface area (Å²) in [7, 11) is 0. The number of benzene rings is 1. The molecule has 3 rings (SSSR count). The lowest BCUT2D eigenvalue weighted by atomic mass is 10.2. The van der Waals surface area contributed by atoms with E-state index < -0.39 is 4.92 Å². The van der Waals surface area contributed by atoms with Crippen LogP contribution in [0, 0.1) is 17.0 Å². The first kappa shape index (κ1) is 14.1. The van der Waals surface area contributed by atoms with E-state index in [9.17, 15) is 14.9 Å². The van der Waals surface area contributed by atoms with Crippen molar-refractivity contribution in [3.8, 4) is 0 Å². The van der Waals surface area contributed by atoms with E-state index in [-0.39, 0.29) is 11.6 Å². The van der Waals surface area contributed by atoms with E-state index in [4.69, 9.17) is 0 Å². The normalized spacial score (nSPS) is 13.7. The van der Waals surface area contributed by atoms with Gasteiger partial charge in [-0.05, 0) is 25.8 Å². The van der Waals surface area contributed by atoms with Crippen molar-refractivity contribution in [1.29, 1.82) is 0 Å². The van der Waals surface area contributed by atoms with Gasteiger partial charge >= 0.3 is 0 Å². The van der Waals surface area contributed by atoms with Crippen LogP contribution in [0.2, 0.25) is 0 Å². The summed E-state index contributed by atoms with van der Waals surface area (Å²) in [4.78, 5) is 31.1. The number of nitrogens with one attached hydrogen (secondary N) is 1.